The van der Waals surface area contributed by atoms with Crippen LogP contribution in [0.3, 0.4) is 0 Å². The van der Waals surface area contributed by atoms with Gasteiger partial charge in [-0.25, -0.2) is 4.57 Å². The van der Waals surface area contributed by atoms with Crippen LogP contribution >= 0.6 is 7.82 Å². The Bertz CT molecular complexity index is 62.2. The van der Waals surface area contributed by atoms with Gasteiger partial charge < -0.3 is 16.1 Å². The van der Waals surface area contributed by atoms with E-state index in [2.05, 4.69) is 0 Å². The van der Waals surface area contributed by atoms with Crippen LogP contribution in [0.25, 0.3) is 0 Å². The molecule has 0 bridgehead atoms. The topological polar surface area (TPSA) is 77.8 Å². The van der Waals surface area contributed by atoms with E-state index >= 15 is 0 Å². The van der Waals surface area contributed by atoms with Crippen LogP contribution in [0.4, 0.5) is 0 Å². The summed E-state index contributed by atoms with van der Waals surface area (Å²) in [5.41, 5.74) is 0. The Morgan fingerprint density at radius 1 is 1.29 bits per heavy atom. The first-order chi connectivity index (χ1) is 2.00. The first kappa shape index (κ1) is 15.8. The molecule has 7 heavy (non-hydrogen) atoms. The number of hydrogen-bond acceptors (Lipinski definition) is 1. The standard InChI is InChI=1S/Li.Mo.H3O4P.H/c;;1-5(2,3)4;/h;;(H3,1,2,3,4);/q+1;;;-1. The fraction of sp³-hybridized carbons (Fsp3) is 0. The first-order valence-corrected chi connectivity index (χ1v) is 2.35. The van der Waals surface area contributed by atoms with Gasteiger partial charge in [0.2, 0.25) is 0 Å². The fourth-order valence-electron chi connectivity index (χ4n) is 0. The molecule has 40 valence electrons. The monoisotopic (exact) mass is 204 g/mol. The normalized spacial score (nSPS) is 8.43. The van der Waals surface area contributed by atoms with Crippen molar-refractivity contribution < 1.29 is 60.6 Å². The average molecular weight is 202 g/mol. The summed E-state index contributed by atoms with van der Waals surface area (Å²) >= 11 is 0. The van der Waals surface area contributed by atoms with Crippen LogP contribution in [-0.2, 0) is 25.6 Å². The number of rotatable bonds is 0. The van der Waals surface area contributed by atoms with Crippen LogP contribution in [0, 0.1) is 0 Å². The van der Waals surface area contributed by atoms with Crippen LogP contribution in [0.15, 0.2) is 0 Å². The zero-order chi connectivity index (χ0) is 4.50. The molecule has 0 radical (unpaired) electrons. The SMILES string of the molecule is O=P(O)(O)O.[H-].[Li+].[Mo]. The third-order valence-corrected chi connectivity index (χ3v) is 0. The maximum atomic E-state index is 8.88. The second kappa shape index (κ2) is 5.53. The summed E-state index contributed by atoms with van der Waals surface area (Å²) in [5, 5.41) is 0. The zero-order valence-corrected chi connectivity index (χ0v) is 6.51. The second-order valence-corrected chi connectivity index (χ2v) is 1.54. The third kappa shape index (κ3) is 111. The van der Waals surface area contributed by atoms with Gasteiger partial charge in [0.15, 0.2) is 0 Å². The molecule has 0 spiro atoms. The minimum atomic E-state index is -4.64. The van der Waals surface area contributed by atoms with Gasteiger partial charge in [0.25, 0.3) is 0 Å². The van der Waals surface area contributed by atoms with Gasteiger partial charge in [0, 0.05) is 21.1 Å². The number of phosphoric acid groups is 1. The predicted octanol–water partition coefficient (Wildman–Crippen LogP) is -3.81. The molecule has 0 aliphatic heterocycles. The number of hydrogen-bond donors (Lipinski definition) is 3. The molecule has 0 saturated carbocycles. The van der Waals surface area contributed by atoms with E-state index < -0.39 is 7.82 Å². The zero-order valence-electron chi connectivity index (χ0n) is 4.61. The van der Waals surface area contributed by atoms with E-state index in [0.29, 0.717) is 0 Å². The van der Waals surface area contributed by atoms with Crippen molar-refractivity contribution in [3.05, 3.63) is 0 Å². The molecular formula is H4LiMoO4P. The van der Waals surface area contributed by atoms with Crippen molar-refractivity contribution in [2.24, 2.45) is 0 Å². The molecule has 0 heterocycles. The Labute approximate surface area is 68.5 Å². The molecule has 0 saturated heterocycles. The van der Waals surface area contributed by atoms with Crippen molar-refractivity contribution in [2.45, 2.75) is 0 Å². The summed E-state index contributed by atoms with van der Waals surface area (Å²) in [6.07, 6.45) is 0. The van der Waals surface area contributed by atoms with Crippen molar-refractivity contribution >= 4 is 7.82 Å². The Hall–Kier alpha value is 1.40. The largest absolute Gasteiger partial charge is 1.00 e. The van der Waals surface area contributed by atoms with Crippen LogP contribution < -0.4 is 18.9 Å². The van der Waals surface area contributed by atoms with E-state index in [1.165, 1.54) is 0 Å². The molecule has 0 aliphatic carbocycles. The summed E-state index contributed by atoms with van der Waals surface area (Å²) < 4.78 is 8.88. The summed E-state index contributed by atoms with van der Waals surface area (Å²) in [7, 11) is -4.64. The Balaban J connectivity index is -0.0000000267. The van der Waals surface area contributed by atoms with Crippen molar-refractivity contribution in [1.82, 2.24) is 0 Å². The molecule has 0 aliphatic rings. The molecule has 0 atom stereocenters. The van der Waals surface area contributed by atoms with Crippen LogP contribution in [0.5, 0.6) is 0 Å². The van der Waals surface area contributed by atoms with Gasteiger partial charge in [-0.2, -0.15) is 0 Å². The molecule has 7 heteroatoms. The minimum absolute atomic E-state index is 0. The average Bonchev–Trinajstić information content (AvgIpc) is 0.722. The van der Waals surface area contributed by atoms with Crippen molar-refractivity contribution in [3.63, 3.8) is 0 Å². The van der Waals surface area contributed by atoms with E-state index in [4.69, 9.17) is 19.2 Å². The third-order valence-electron chi connectivity index (χ3n) is 0. The second-order valence-electron chi connectivity index (χ2n) is 0.513. The maximum absolute atomic E-state index is 8.88. The molecule has 0 rings (SSSR count). The van der Waals surface area contributed by atoms with E-state index in [1.807, 2.05) is 0 Å². The Morgan fingerprint density at radius 2 is 1.29 bits per heavy atom. The fourth-order valence-corrected chi connectivity index (χ4v) is 0. The van der Waals surface area contributed by atoms with Gasteiger partial charge in [-0.05, 0) is 0 Å². The van der Waals surface area contributed by atoms with E-state index in [9.17, 15) is 0 Å². The smallest absolute Gasteiger partial charge is 1.00 e. The first-order valence-electron chi connectivity index (χ1n) is 0.783. The molecule has 0 unspecified atom stereocenters. The van der Waals surface area contributed by atoms with Gasteiger partial charge in [-0.15, -0.1) is 0 Å². The van der Waals surface area contributed by atoms with Crippen molar-refractivity contribution in [1.29, 1.82) is 0 Å². The quantitative estimate of drug-likeness (QED) is 0.278. The summed E-state index contributed by atoms with van der Waals surface area (Å²) in [4.78, 5) is 21.6. The summed E-state index contributed by atoms with van der Waals surface area (Å²) in [6, 6.07) is 0. The van der Waals surface area contributed by atoms with Gasteiger partial charge in [0.1, 0.15) is 0 Å². The van der Waals surface area contributed by atoms with Crippen molar-refractivity contribution in [2.75, 3.05) is 0 Å². The predicted molar refractivity (Wildman–Crippen MR) is 15.4 cm³/mol. The van der Waals surface area contributed by atoms with Gasteiger partial charge >= 0.3 is 26.7 Å². The molecular weight excluding hydrogens is 198 g/mol. The molecule has 0 aromatic heterocycles. The van der Waals surface area contributed by atoms with Crippen LogP contribution in [-0.4, -0.2) is 14.7 Å². The van der Waals surface area contributed by atoms with Gasteiger partial charge in [-0.1, -0.05) is 0 Å². The van der Waals surface area contributed by atoms with Gasteiger partial charge in [-0.3, -0.25) is 0 Å². The minimum Gasteiger partial charge on any atom is -1.00 e. The Morgan fingerprint density at radius 3 is 1.29 bits per heavy atom. The van der Waals surface area contributed by atoms with E-state index in [-0.39, 0.29) is 41.4 Å². The molecule has 0 amide bonds. The molecule has 0 aromatic carbocycles. The Kier molecular flexibility index (Phi) is 12.5. The van der Waals surface area contributed by atoms with Gasteiger partial charge in [0.05, 0.1) is 0 Å². The molecule has 3 N–H and O–H groups in total. The maximum Gasteiger partial charge on any atom is 1.00 e. The molecule has 0 aromatic rings. The molecule has 0 fully saturated rings. The van der Waals surface area contributed by atoms with E-state index in [0.717, 1.165) is 0 Å². The summed E-state index contributed by atoms with van der Waals surface area (Å²) in [5.74, 6) is 0. The van der Waals surface area contributed by atoms with Crippen LogP contribution in [0.2, 0.25) is 0 Å². The molecule has 4 nitrogen and oxygen atoms in total. The van der Waals surface area contributed by atoms with E-state index in [1.54, 1.807) is 0 Å². The van der Waals surface area contributed by atoms with Crippen LogP contribution in [0.1, 0.15) is 1.43 Å². The summed E-state index contributed by atoms with van der Waals surface area (Å²) in [6.45, 7) is 0. The van der Waals surface area contributed by atoms with Crippen molar-refractivity contribution in [3.8, 4) is 0 Å².